The summed E-state index contributed by atoms with van der Waals surface area (Å²) < 4.78 is 27.3. The zero-order valence-electron chi connectivity index (χ0n) is 52.4. The Morgan fingerprint density at radius 3 is 1.33 bits per heavy atom. The number of halogens is 3. The first-order valence-corrected chi connectivity index (χ1v) is 30.9. The average Bonchev–Trinajstić information content (AvgIpc) is 1.71. The Hall–Kier alpha value is -10.6. The van der Waals surface area contributed by atoms with Crippen LogP contribution < -0.4 is 39.9 Å². The van der Waals surface area contributed by atoms with Crippen LogP contribution in [0.2, 0.25) is 10.0 Å². The van der Waals surface area contributed by atoms with E-state index in [1.807, 2.05) is 146 Å². The number of anilines is 2. The average molecular weight is 1340 g/mol. The Labute approximate surface area is 557 Å². The summed E-state index contributed by atoms with van der Waals surface area (Å²) in [6.45, 7) is 21.5. The highest BCUT2D eigenvalue weighted by molar-refractivity contribution is 9.10. The summed E-state index contributed by atoms with van der Waals surface area (Å²) >= 11 is 17.6. The van der Waals surface area contributed by atoms with E-state index in [0.29, 0.717) is 47.6 Å². The smallest absolute Gasteiger partial charge is 0.252 e. The molecule has 0 saturated carbocycles. The lowest BCUT2D eigenvalue weighted by Crippen LogP contribution is -2.22. The first kappa shape index (κ1) is 65.4. The Morgan fingerprint density at radius 1 is 0.516 bits per heavy atom. The number of hydrogen-bond donors (Lipinski definition) is 1. The molecular weight excluding hydrogens is 1280 g/mol. The quantitative estimate of drug-likeness (QED) is 0.0876. The zero-order chi connectivity index (χ0) is 65.9. The van der Waals surface area contributed by atoms with Gasteiger partial charge in [0.25, 0.3) is 11.1 Å². The molecule has 0 amide bonds. The van der Waals surface area contributed by atoms with Crippen molar-refractivity contribution in [2.45, 2.75) is 40.0 Å². The minimum Gasteiger partial charge on any atom is -0.497 e. The van der Waals surface area contributed by atoms with E-state index in [0.717, 1.165) is 122 Å². The Bertz CT molecular complexity index is 4760. The Balaban J connectivity index is 0.000000181. The van der Waals surface area contributed by atoms with Gasteiger partial charge in [0.2, 0.25) is 0 Å². The largest absolute Gasteiger partial charge is 0.497 e. The van der Waals surface area contributed by atoms with Gasteiger partial charge in [-0.3, -0.25) is 19.6 Å². The van der Waals surface area contributed by atoms with Gasteiger partial charge in [-0.15, -0.1) is 0 Å². The van der Waals surface area contributed by atoms with Crippen molar-refractivity contribution in [2.75, 3.05) is 38.2 Å². The van der Waals surface area contributed by atoms with Gasteiger partial charge < -0.3 is 47.4 Å². The van der Waals surface area contributed by atoms with Crippen LogP contribution in [0.25, 0.3) is 59.4 Å². The molecule has 19 heteroatoms. The topological polar surface area (TPSA) is 143 Å². The van der Waals surface area contributed by atoms with Crippen LogP contribution in [0.4, 0.5) is 22.7 Å². The standard InChI is InChI=1S/C37H32ClN5O3.C31H27ClN4O2.C6H6BrNO/c1-24-16-34-30(18-33(24)39-2)32(23-43(34)27-14-15-41(3)36(44)17-27)31-19-40-20-35(37(31)38)42(21-25-6-10-28(45-4)11-7-25)22-26-8-12-29(46-5)13-9-26;1-20-13-29-25(14-28(20)33-2)26(16-35-29)27-15-34-17-30(31(27)32)36(18-21-5-9-23(37-3)10-6-21)19-22-7-11-24(38-4)12-8-22;1-8-3-2-5(7)4-6(8)9/h6-20,23H,21-22H2,1,3-5H3;5-17,35H,18-19H2,1,3-4H3;2-4H,1H3. The molecule has 0 fully saturated rings. The number of nitrogens with zero attached hydrogens (tertiary/aromatic N) is 9. The molecule has 6 aromatic carbocycles. The van der Waals surface area contributed by atoms with Crippen molar-refractivity contribution in [1.82, 2.24) is 28.7 Å². The molecule has 0 radical (unpaired) electrons. The van der Waals surface area contributed by atoms with Crippen molar-refractivity contribution in [3.05, 3.63) is 287 Å². The monoisotopic (exact) mass is 1340 g/mol. The zero-order valence-corrected chi connectivity index (χ0v) is 55.5. The number of pyridine rings is 4. The second-order valence-electron chi connectivity index (χ2n) is 22.0. The molecule has 12 rings (SSSR count). The van der Waals surface area contributed by atoms with Crippen LogP contribution in [0.3, 0.4) is 0 Å². The minimum absolute atomic E-state index is 0.00405. The number of rotatable bonds is 17. The summed E-state index contributed by atoms with van der Waals surface area (Å²) in [5, 5.41) is 2.92. The summed E-state index contributed by atoms with van der Waals surface area (Å²) in [5.74, 6) is 3.19. The van der Waals surface area contributed by atoms with Gasteiger partial charge in [-0.25, -0.2) is 9.69 Å². The van der Waals surface area contributed by atoms with Crippen LogP contribution >= 0.6 is 39.1 Å². The number of aromatic nitrogens is 6. The molecule has 0 aliphatic heterocycles. The van der Waals surface area contributed by atoms with Crippen molar-refractivity contribution < 1.29 is 18.9 Å². The molecule has 6 aromatic heterocycles. The molecule has 0 unspecified atom stereocenters. The maximum absolute atomic E-state index is 12.6. The van der Waals surface area contributed by atoms with E-state index in [9.17, 15) is 9.59 Å². The third-order valence-electron chi connectivity index (χ3n) is 15.9. The van der Waals surface area contributed by atoms with Gasteiger partial charge in [0, 0.05) is 122 Å². The predicted octanol–water partition coefficient (Wildman–Crippen LogP) is 17.2. The third kappa shape index (κ3) is 15.1. The molecule has 93 heavy (non-hydrogen) atoms. The molecule has 0 aliphatic rings. The van der Waals surface area contributed by atoms with Crippen LogP contribution in [0, 0.1) is 27.0 Å². The van der Waals surface area contributed by atoms with Crippen molar-refractivity contribution in [1.29, 1.82) is 0 Å². The number of hydrogen-bond acceptors (Lipinski definition) is 10. The van der Waals surface area contributed by atoms with Crippen LogP contribution in [-0.4, -0.2) is 57.1 Å². The van der Waals surface area contributed by atoms with Gasteiger partial charge in [0.15, 0.2) is 11.4 Å². The maximum atomic E-state index is 12.6. The lowest BCUT2D eigenvalue weighted by Gasteiger charge is -2.27. The van der Waals surface area contributed by atoms with Crippen LogP contribution in [0.15, 0.2) is 209 Å². The first-order chi connectivity index (χ1) is 45.0. The third-order valence-corrected chi connectivity index (χ3v) is 17.2. The van der Waals surface area contributed by atoms with Gasteiger partial charge in [0.05, 0.1) is 86.6 Å². The van der Waals surface area contributed by atoms with Gasteiger partial charge in [-0.2, -0.15) is 0 Å². The number of H-pyrrole nitrogens is 1. The SMILES string of the molecule is Cn1ccc(Br)cc1=O.[C-]#[N+]c1cc2c(-c3cncc(N(Cc4ccc(OC)cc4)Cc4ccc(OC)cc4)c3Cl)c[nH]c2cc1C.[C-]#[N+]c1cc2c(-c3cncc(N(Cc4ccc(OC)cc4)Cc4ccc(OC)cc4)c3Cl)cn(-c3ccn(C)c(=O)c3)c2cc1C. The minimum atomic E-state index is -0.121. The summed E-state index contributed by atoms with van der Waals surface area (Å²) in [6.07, 6.45) is 14.5. The number of fused-ring (bicyclic) bond motifs is 2. The van der Waals surface area contributed by atoms with Crippen molar-refractivity contribution >= 4 is 83.7 Å². The van der Waals surface area contributed by atoms with Gasteiger partial charge in [-0.05, 0) is 143 Å². The highest BCUT2D eigenvalue weighted by atomic mass is 79.9. The number of ether oxygens (including phenoxy) is 4. The molecular formula is C74H65BrCl2N10O6. The van der Waals surface area contributed by atoms with Crippen LogP contribution in [0.5, 0.6) is 23.0 Å². The van der Waals surface area contributed by atoms with E-state index < -0.39 is 0 Å². The fourth-order valence-corrected chi connectivity index (χ4v) is 11.6. The number of aryl methyl sites for hydroxylation is 4. The molecule has 0 spiro atoms. The van der Waals surface area contributed by atoms with Crippen molar-refractivity contribution in [3.63, 3.8) is 0 Å². The van der Waals surface area contributed by atoms with Crippen molar-refractivity contribution in [3.8, 4) is 50.9 Å². The summed E-state index contributed by atoms with van der Waals surface area (Å²) in [4.78, 5) is 47.8. The predicted molar refractivity (Wildman–Crippen MR) is 376 cm³/mol. The fraction of sp³-hybridized carbons (Fsp3) is 0.162. The Kier molecular flexibility index (Phi) is 20.8. The summed E-state index contributed by atoms with van der Waals surface area (Å²) in [6, 6.07) is 46.6. The lowest BCUT2D eigenvalue weighted by molar-refractivity contribution is 0.414. The number of aromatic amines is 1. The van der Waals surface area contributed by atoms with Gasteiger partial charge in [0.1, 0.15) is 23.0 Å². The van der Waals surface area contributed by atoms with Gasteiger partial charge in [-0.1, -0.05) is 87.7 Å². The van der Waals surface area contributed by atoms with E-state index in [1.165, 1.54) is 15.2 Å². The van der Waals surface area contributed by atoms with E-state index in [4.69, 9.17) is 55.3 Å². The maximum Gasteiger partial charge on any atom is 0.252 e. The van der Waals surface area contributed by atoms with Crippen LogP contribution in [0.1, 0.15) is 33.4 Å². The van der Waals surface area contributed by atoms with Crippen molar-refractivity contribution in [2.24, 2.45) is 14.1 Å². The number of nitrogens with one attached hydrogen (secondary N) is 1. The second kappa shape index (κ2) is 29.6. The number of methoxy groups -OCH3 is 4. The van der Waals surface area contributed by atoms with Crippen LogP contribution in [-0.2, 0) is 40.3 Å². The molecule has 6 heterocycles. The molecule has 1 N–H and O–H groups in total. The second-order valence-corrected chi connectivity index (χ2v) is 23.6. The molecule has 0 aliphatic carbocycles. The fourth-order valence-electron chi connectivity index (χ4n) is 10.7. The highest BCUT2D eigenvalue weighted by Gasteiger charge is 2.23. The Morgan fingerprint density at radius 2 is 0.925 bits per heavy atom. The van der Waals surface area contributed by atoms with E-state index in [1.54, 1.807) is 79.6 Å². The first-order valence-electron chi connectivity index (χ1n) is 29.3. The van der Waals surface area contributed by atoms with E-state index in [-0.39, 0.29) is 11.1 Å². The number of benzene rings is 6. The van der Waals surface area contributed by atoms with E-state index >= 15 is 0 Å². The summed E-state index contributed by atoms with van der Waals surface area (Å²) in [7, 11) is 10.1. The summed E-state index contributed by atoms with van der Waals surface area (Å²) in [5.41, 5.74) is 14.6. The highest BCUT2D eigenvalue weighted by Crippen LogP contribution is 2.44. The molecule has 12 aromatic rings. The molecule has 0 bridgehead atoms. The molecule has 0 atom stereocenters. The van der Waals surface area contributed by atoms with Gasteiger partial charge >= 0.3 is 0 Å². The molecule has 16 nitrogen and oxygen atoms in total. The normalized spacial score (nSPS) is 10.8. The lowest BCUT2D eigenvalue weighted by atomic mass is 10.0. The molecule has 0 saturated heterocycles. The molecule has 468 valence electrons. The van der Waals surface area contributed by atoms with E-state index in [2.05, 4.69) is 74.6 Å².